The van der Waals surface area contributed by atoms with Crippen molar-refractivity contribution in [1.82, 2.24) is 9.78 Å². The number of aromatic hydroxyl groups is 1. The first-order chi connectivity index (χ1) is 7.24. The minimum atomic E-state index is 0.202. The molecule has 0 saturated heterocycles. The molecule has 0 amide bonds. The Morgan fingerprint density at radius 2 is 2.27 bits per heavy atom. The molecule has 0 aliphatic rings. The molecule has 0 saturated carbocycles. The van der Waals surface area contributed by atoms with Crippen molar-refractivity contribution < 1.29 is 9.84 Å². The van der Waals surface area contributed by atoms with Gasteiger partial charge in [-0.3, -0.25) is 4.68 Å². The number of hydrogen-bond donors (Lipinski definition) is 1. The zero-order valence-corrected chi connectivity index (χ0v) is 8.42. The fraction of sp³-hybridized carbons (Fsp3) is 0.182. The molecule has 0 aliphatic carbocycles. The van der Waals surface area contributed by atoms with Gasteiger partial charge in [-0.2, -0.15) is 5.10 Å². The lowest BCUT2D eigenvalue weighted by atomic mass is 10.3. The molecule has 15 heavy (non-hydrogen) atoms. The van der Waals surface area contributed by atoms with Crippen LogP contribution in [0.2, 0.25) is 0 Å². The van der Waals surface area contributed by atoms with E-state index in [1.165, 1.54) is 0 Å². The van der Waals surface area contributed by atoms with Crippen LogP contribution >= 0.6 is 0 Å². The summed E-state index contributed by atoms with van der Waals surface area (Å²) in [5.74, 6) is 0.842. The van der Waals surface area contributed by atoms with E-state index in [9.17, 15) is 5.11 Å². The molecule has 2 rings (SSSR count). The van der Waals surface area contributed by atoms with Gasteiger partial charge in [0.25, 0.3) is 0 Å². The van der Waals surface area contributed by atoms with Crippen molar-refractivity contribution in [2.75, 3.05) is 0 Å². The summed E-state index contributed by atoms with van der Waals surface area (Å²) in [6, 6.07) is 8.60. The van der Waals surface area contributed by atoms with E-state index < -0.39 is 0 Å². The van der Waals surface area contributed by atoms with Crippen molar-refractivity contribution in [2.45, 2.75) is 6.61 Å². The van der Waals surface area contributed by atoms with E-state index >= 15 is 0 Å². The topological polar surface area (TPSA) is 47.3 Å². The number of aryl methyl sites for hydroxylation is 1. The third-order valence-electron chi connectivity index (χ3n) is 1.97. The first kappa shape index (κ1) is 9.58. The minimum Gasteiger partial charge on any atom is -0.508 e. The van der Waals surface area contributed by atoms with Crippen LogP contribution in [-0.4, -0.2) is 14.9 Å². The molecule has 0 spiro atoms. The van der Waals surface area contributed by atoms with E-state index in [0.29, 0.717) is 12.4 Å². The van der Waals surface area contributed by atoms with Gasteiger partial charge in [0.15, 0.2) is 0 Å². The average molecular weight is 204 g/mol. The fourth-order valence-corrected chi connectivity index (χ4v) is 1.27. The minimum absolute atomic E-state index is 0.202. The van der Waals surface area contributed by atoms with Crippen LogP contribution in [0.15, 0.2) is 36.5 Å². The molecule has 0 atom stereocenters. The van der Waals surface area contributed by atoms with E-state index in [-0.39, 0.29) is 5.75 Å². The molecule has 1 aromatic carbocycles. The molecule has 0 bridgehead atoms. The molecule has 4 nitrogen and oxygen atoms in total. The molecule has 4 heteroatoms. The van der Waals surface area contributed by atoms with Crippen molar-refractivity contribution >= 4 is 0 Å². The van der Waals surface area contributed by atoms with Crippen LogP contribution in [0.4, 0.5) is 0 Å². The van der Waals surface area contributed by atoms with Gasteiger partial charge in [-0.1, -0.05) is 6.07 Å². The lowest BCUT2D eigenvalue weighted by Crippen LogP contribution is -1.97. The molecule has 2 aromatic rings. The van der Waals surface area contributed by atoms with Crippen molar-refractivity contribution in [2.24, 2.45) is 7.05 Å². The summed E-state index contributed by atoms with van der Waals surface area (Å²) in [4.78, 5) is 0. The van der Waals surface area contributed by atoms with Gasteiger partial charge in [-0.15, -0.1) is 0 Å². The van der Waals surface area contributed by atoms with Crippen LogP contribution in [-0.2, 0) is 13.7 Å². The first-order valence-electron chi connectivity index (χ1n) is 4.64. The summed E-state index contributed by atoms with van der Waals surface area (Å²) in [7, 11) is 1.86. The fourth-order valence-electron chi connectivity index (χ4n) is 1.27. The molecule has 1 aromatic heterocycles. The highest BCUT2D eigenvalue weighted by Gasteiger charge is 1.99. The smallest absolute Gasteiger partial charge is 0.132 e. The number of phenols is 1. The SMILES string of the molecule is Cn1ccc(COc2cccc(O)c2)n1. The number of phenolic OH excluding ortho intramolecular Hbond substituents is 1. The normalized spacial score (nSPS) is 10.2. The Kier molecular flexibility index (Phi) is 2.58. The summed E-state index contributed by atoms with van der Waals surface area (Å²) < 4.78 is 7.17. The number of aromatic nitrogens is 2. The van der Waals surface area contributed by atoms with Gasteiger partial charge >= 0.3 is 0 Å². The van der Waals surface area contributed by atoms with Gasteiger partial charge < -0.3 is 9.84 Å². The highest BCUT2D eigenvalue weighted by molar-refractivity contribution is 5.31. The summed E-state index contributed by atoms with van der Waals surface area (Å²) in [6.45, 7) is 0.407. The molecule has 0 aliphatic heterocycles. The summed E-state index contributed by atoms with van der Waals surface area (Å²) in [5, 5.41) is 13.4. The second kappa shape index (κ2) is 4.04. The van der Waals surface area contributed by atoms with Crippen LogP contribution in [0.5, 0.6) is 11.5 Å². The maximum Gasteiger partial charge on any atom is 0.132 e. The summed E-state index contributed by atoms with van der Waals surface area (Å²) in [5.41, 5.74) is 0.862. The summed E-state index contributed by atoms with van der Waals surface area (Å²) in [6.07, 6.45) is 1.86. The Bertz CT molecular complexity index is 451. The van der Waals surface area contributed by atoms with Gasteiger partial charge in [-0.05, 0) is 18.2 Å². The van der Waals surface area contributed by atoms with E-state index in [1.807, 2.05) is 19.3 Å². The van der Waals surface area contributed by atoms with Crippen LogP contribution in [0, 0.1) is 0 Å². The van der Waals surface area contributed by atoms with Crippen LogP contribution in [0.25, 0.3) is 0 Å². The summed E-state index contributed by atoms with van der Waals surface area (Å²) >= 11 is 0. The number of ether oxygens (including phenoxy) is 1. The molecular weight excluding hydrogens is 192 g/mol. The van der Waals surface area contributed by atoms with Gasteiger partial charge in [-0.25, -0.2) is 0 Å². The van der Waals surface area contributed by atoms with Gasteiger partial charge in [0.1, 0.15) is 18.1 Å². The molecule has 78 valence electrons. The van der Waals surface area contributed by atoms with Crippen molar-refractivity contribution in [3.63, 3.8) is 0 Å². The van der Waals surface area contributed by atoms with Crippen molar-refractivity contribution in [1.29, 1.82) is 0 Å². The Morgan fingerprint density at radius 1 is 1.40 bits per heavy atom. The molecule has 1 N–H and O–H groups in total. The molecule has 0 fully saturated rings. The molecule has 1 heterocycles. The largest absolute Gasteiger partial charge is 0.508 e. The maximum atomic E-state index is 9.21. The van der Waals surface area contributed by atoms with Crippen LogP contribution in [0.1, 0.15) is 5.69 Å². The first-order valence-corrected chi connectivity index (χ1v) is 4.64. The average Bonchev–Trinajstić information content (AvgIpc) is 2.62. The van der Waals surface area contributed by atoms with Crippen LogP contribution < -0.4 is 4.74 Å². The molecule has 0 unspecified atom stereocenters. The monoisotopic (exact) mass is 204 g/mol. The third kappa shape index (κ3) is 2.49. The van der Waals surface area contributed by atoms with E-state index in [0.717, 1.165) is 5.69 Å². The highest BCUT2D eigenvalue weighted by atomic mass is 16.5. The lowest BCUT2D eigenvalue weighted by Gasteiger charge is -2.03. The van der Waals surface area contributed by atoms with Gasteiger partial charge in [0.05, 0.1) is 5.69 Å². The number of benzene rings is 1. The van der Waals surface area contributed by atoms with E-state index in [2.05, 4.69) is 5.10 Å². The second-order valence-corrected chi connectivity index (χ2v) is 3.27. The predicted octanol–water partition coefficient (Wildman–Crippen LogP) is 1.70. The Labute approximate surface area is 87.7 Å². The Morgan fingerprint density at radius 3 is 2.93 bits per heavy atom. The van der Waals surface area contributed by atoms with Crippen LogP contribution in [0.3, 0.4) is 0 Å². The van der Waals surface area contributed by atoms with Gasteiger partial charge in [0, 0.05) is 19.3 Å². The van der Waals surface area contributed by atoms with Crippen molar-refractivity contribution in [3.8, 4) is 11.5 Å². The number of rotatable bonds is 3. The number of hydrogen-bond acceptors (Lipinski definition) is 3. The Hall–Kier alpha value is -1.97. The maximum absolute atomic E-state index is 9.21. The highest BCUT2D eigenvalue weighted by Crippen LogP contribution is 2.18. The zero-order chi connectivity index (χ0) is 10.7. The third-order valence-corrected chi connectivity index (χ3v) is 1.97. The lowest BCUT2D eigenvalue weighted by molar-refractivity contribution is 0.298. The Balaban J connectivity index is 1.99. The van der Waals surface area contributed by atoms with E-state index in [4.69, 9.17) is 4.74 Å². The second-order valence-electron chi connectivity index (χ2n) is 3.27. The number of nitrogens with zero attached hydrogens (tertiary/aromatic N) is 2. The molecular formula is C11H12N2O2. The van der Waals surface area contributed by atoms with Crippen molar-refractivity contribution in [3.05, 3.63) is 42.2 Å². The predicted molar refractivity (Wildman–Crippen MR) is 55.6 cm³/mol. The zero-order valence-electron chi connectivity index (χ0n) is 8.42. The quantitative estimate of drug-likeness (QED) is 0.827. The van der Waals surface area contributed by atoms with Gasteiger partial charge in [0.2, 0.25) is 0 Å². The molecule has 0 radical (unpaired) electrons. The standard InChI is InChI=1S/C11H12N2O2/c1-13-6-5-9(12-13)8-15-11-4-2-3-10(14)7-11/h2-7,14H,8H2,1H3. The van der Waals surface area contributed by atoms with E-state index in [1.54, 1.807) is 28.9 Å².